The Morgan fingerprint density at radius 2 is 2.21 bits per heavy atom. The number of carbonyl (C=O) groups is 1. The lowest BCUT2D eigenvalue weighted by molar-refractivity contribution is -0.107. The van der Waals surface area contributed by atoms with Crippen molar-refractivity contribution in [2.45, 2.75) is 0 Å². The number of anilines is 1. The average Bonchev–Trinajstić information content (AvgIpc) is 2.27. The molecule has 0 bridgehead atoms. The summed E-state index contributed by atoms with van der Waals surface area (Å²) in [5.41, 5.74) is 1.82. The monoisotopic (exact) mass is 186 g/mol. The van der Waals surface area contributed by atoms with E-state index in [9.17, 15) is 4.79 Å². The Morgan fingerprint density at radius 1 is 1.36 bits per heavy atom. The Balaban J connectivity index is 2.56. The van der Waals surface area contributed by atoms with Gasteiger partial charge >= 0.3 is 0 Å². The number of aromatic nitrogens is 1. The lowest BCUT2D eigenvalue weighted by atomic mass is 10.2. The lowest BCUT2D eigenvalue weighted by Crippen LogP contribution is -2.13. The first kappa shape index (κ1) is 8.69. The van der Waals surface area contributed by atoms with Crippen LogP contribution in [0.4, 0.5) is 5.69 Å². The van der Waals surface area contributed by atoms with Crippen LogP contribution in [-0.2, 0) is 4.79 Å². The van der Waals surface area contributed by atoms with Crippen LogP contribution in [0.2, 0.25) is 0 Å². The SMILES string of the molecule is CN(C=O)c1ccc2ncccc2c1. The molecule has 3 heteroatoms. The maximum absolute atomic E-state index is 10.6. The number of pyridine rings is 1. The Bertz CT molecular complexity index is 468. The van der Waals surface area contributed by atoms with Gasteiger partial charge < -0.3 is 4.90 Å². The third-order valence-corrected chi connectivity index (χ3v) is 2.15. The van der Waals surface area contributed by atoms with Crippen molar-refractivity contribution < 1.29 is 4.79 Å². The van der Waals surface area contributed by atoms with Gasteiger partial charge in [-0.3, -0.25) is 9.78 Å². The van der Waals surface area contributed by atoms with Crippen LogP contribution in [0, 0.1) is 0 Å². The first-order valence-corrected chi connectivity index (χ1v) is 4.34. The highest BCUT2D eigenvalue weighted by molar-refractivity contribution is 5.85. The fraction of sp³-hybridized carbons (Fsp3) is 0.0909. The van der Waals surface area contributed by atoms with Crippen molar-refractivity contribution in [3.63, 3.8) is 0 Å². The van der Waals surface area contributed by atoms with E-state index in [0.717, 1.165) is 23.0 Å². The van der Waals surface area contributed by atoms with Gasteiger partial charge in [0.1, 0.15) is 0 Å². The predicted molar refractivity (Wildman–Crippen MR) is 56.2 cm³/mol. The zero-order valence-electron chi connectivity index (χ0n) is 7.84. The summed E-state index contributed by atoms with van der Waals surface area (Å²) in [6, 6.07) is 9.59. The molecule has 0 atom stereocenters. The van der Waals surface area contributed by atoms with Gasteiger partial charge in [0.25, 0.3) is 0 Å². The minimum atomic E-state index is 0.789. The molecule has 2 aromatic rings. The van der Waals surface area contributed by atoms with E-state index in [1.807, 2.05) is 30.3 Å². The van der Waals surface area contributed by atoms with E-state index >= 15 is 0 Å². The molecule has 1 heterocycles. The molecule has 0 saturated heterocycles. The van der Waals surface area contributed by atoms with E-state index in [4.69, 9.17) is 0 Å². The molecule has 0 spiro atoms. The number of rotatable bonds is 2. The van der Waals surface area contributed by atoms with Gasteiger partial charge in [0.15, 0.2) is 0 Å². The molecular formula is C11H10N2O. The van der Waals surface area contributed by atoms with E-state index < -0.39 is 0 Å². The molecule has 1 aromatic carbocycles. The second-order valence-electron chi connectivity index (χ2n) is 3.10. The molecule has 0 aliphatic heterocycles. The maximum atomic E-state index is 10.6. The summed E-state index contributed by atoms with van der Waals surface area (Å²) < 4.78 is 0. The molecule has 14 heavy (non-hydrogen) atoms. The van der Waals surface area contributed by atoms with Crippen molar-refractivity contribution in [3.8, 4) is 0 Å². The Morgan fingerprint density at radius 3 is 3.00 bits per heavy atom. The summed E-state index contributed by atoms with van der Waals surface area (Å²) in [6.45, 7) is 0. The molecule has 2 rings (SSSR count). The van der Waals surface area contributed by atoms with E-state index in [1.54, 1.807) is 13.2 Å². The smallest absolute Gasteiger partial charge is 0.213 e. The van der Waals surface area contributed by atoms with Crippen molar-refractivity contribution in [2.24, 2.45) is 0 Å². The number of carbonyl (C=O) groups excluding carboxylic acids is 1. The average molecular weight is 186 g/mol. The second-order valence-corrected chi connectivity index (χ2v) is 3.10. The van der Waals surface area contributed by atoms with Gasteiger partial charge in [0, 0.05) is 24.3 Å². The predicted octanol–water partition coefficient (Wildman–Crippen LogP) is 1.83. The quantitative estimate of drug-likeness (QED) is 0.670. The number of fused-ring (bicyclic) bond motifs is 1. The zero-order chi connectivity index (χ0) is 9.97. The number of benzene rings is 1. The van der Waals surface area contributed by atoms with Crippen LogP contribution in [0.25, 0.3) is 10.9 Å². The van der Waals surface area contributed by atoms with Crippen LogP contribution in [-0.4, -0.2) is 18.4 Å². The lowest BCUT2D eigenvalue weighted by Gasteiger charge is -2.10. The van der Waals surface area contributed by atoms with Gasteiger partial charge in [-0.1, -0.05) is 6.07 Å². The molecule has 0 aliphatic rings. The molecule has 0 radical (unpaired) electrons. The molecule has 0 aliphatic carbocycles. The third kappa shape index (κ3) is 1.44. The number of nitrogens with zero attached hydrogens (tertiary/aromatic N) is 2. The summed E-state index contributed by atoms with van der Waals surface area (Å²) >= 11 is 0. The highest BCUT2D eigenvalue weighted by Gasteiger charge is 1.99. The van der Waals surface area contributed by atoms with Gasteiger partial charge in [0.05, 0.1) is 5.52 Å². The van der Waals surface area contributed by atoms with Crippen LogP contribution in [0.1, 0.15) is 0 Å². The fourth-order valence-corrected chi connectivity index (χ4v) is 1.34. The molecule has 0 saturated carbocycles. The molecule has 1 aromatic heterocycles. The van der Waals surface area contributed by atoms with E-state index in [-0.39, 0.29) is 0 Å². The normalized spacial score (nSPS) is 10.1. The molecule has 0 fully saturated rings. The highest BCUT2D eigenvalue weighted by Crippen LogP contribution is 2.18. The first-order chi connectivity index (χ1) is 6.81. The second kappa shape index (κ2) is 3.46. The molecule has 0 unspecified atom stereocenters. The van der Waals surface area contributed by atoms with E-state index in [0.29, 0.717) is 0 Å². The Labute approximate surface area is 82.0 Å². The van der Waals surface area contributed by atoms with Gasteiger partial charge in [-0.2, -0.15) is 0 Å². The largest absolute Gasteiger partial charge is 0.318 e. The third-order valence-electron chi connectivity index (χ3n) is 2.15. The van der Waals surface area contributed by atoms with Gasteiger partial charge in [-0.25, -0.2) is 0 Å². The van der Waals surface area contributed by atoms with Crippen LogP contribution in [0.3, 0.4) is 0 Å². The summed E-state index contributed by atoms with van der Waals surface area (Å²) in [4.78, 5) is 16.3. The number of hydrogen-bond donors (Lipinski definition) is 0. The Hall–Kier alpha value is -1.90. The summed E-state index contributed by atoms with van der Waals surface area (Å²) in [5.74, 6) is 0. The maximum Gasteiger partial charge on any atom is 0.213 e. The molecule has 3 nitrogen and oxygen atoms in total. The molecular weight excluding hydrogens is 176 g/mol. The molecule has 1 amide bonds. The van der Waals surface area contributed by atoms with Crippen molar-refractivity contribution in [1.29, 1.82) is 0 Å². The van der Waals surface area contributed by atoms with Gasteiger partial charge in [0.2, 0.25) is 6.41 Å². The highest BCUT2D eigenvalue weighted by atomic mass is 16.1. The molecule has 0 N–H and O–H groups in total. The van der Waals surface area contributed by atoms with Crippen LogP contribution >= 0.6 is 0 Å². The van der Waals surface area contributed by atoms with E-state index in [2.05, 4.69) is 4.98 Å². The molecule has 70 valence electrons. The van der Waals surface area contributed by atoms with E-state index in [1.165, 1.54) is 4.90 Å². The van der Waals surface area contributed by atoms with Crippen LogP contribution < -0.4 is 4.90 Å². The summed E-state index contributed by atoms with van der Waals surface area (Å²) in [6.07, 6.45) is 2.54. The Kier molecular flexibility index (Phi) is 2.14. The number of hydrogen-bond acceptors (Lipinski definition) is 2. The van der Waals surface area contributed by atoms with Crippen molar-refractivity contribution in [2.75, 3.05) is 11.9 Å². The topological polar surface area (TPSA) is 33.2 Å². The van der Waals surface area contributed by atoms with Crippen LogP contribution in [0.15, 0.2) is 36.5 Å². The van der Waals surface area contributed by atoms with Crippen molar-refractivity contribution in [1.82, 2.24) is 4.98 Å². The van der Waals surface area contributed by atoms with Gasteiger partial charge in [-0.05, 0) is 24.3 Å². The first-order valence-electron chi connectivity index (χ1n) is 4.34. The summed E-state index contributed by atoms with van der Waals surface area (Å²) in [7, 11) is 1.73. The van der Waals surface area contributed by atoms with Crippen molar-refractivity contribution in [3.05, 3.63) is 36.5 Å². The van der Waals surface area contributed by atoms with Gasteiger partial charge in [-0.15, -0.1) is 0 Å². The van der Waals surface area contributed by atoms with Crippen molar-refractivity contribution >= 4 is 23.0 Å². The van der Waals surface area contributed by atoms with Crippen LogP contribution in [0.5, 0.6) is 0 Å². The fourth-order valence-electron chi connectivity index (χ4n) is 1.34. The minimum absolute atomic E-state index is 0.789. The zero-order valence-corrected chi connectivity index (χ0v) is 7.84. The number of amides is 1. The standard InChI is InChI=1S/C11H10N2O/c1-13(8-14)10-4-5-11-9(7-10)3-2-6-12-11/h2-8H,1H3. The summed E-state index contributed by atoms with van der Waals surface area (Å²) in [5, 5.41) is 1.04. The minimum Gasteiger partial charge on any atom is -0.318 e.